The van der Waals surface area contributed by atoms with Gasteiger partial charge in [0.05, 0.1) is 5.56 Å². The highest BCUT2D eigenvalue weighted by molar-refractivity contribution is 5.88. The molecule has 0 aliphatic heterocycles. The molecule has 0 aliphatic carbocycles. The average Bonchev–Trinajstić information content (AvgIpc) is 2.92. The normalized spacial score (nSPS) is 11.0. The molecule has 0 radical (unpaired) electrons. The number of nitrogen functional groups attached to an aromatic ring is 1. The largest absolute Gasteiger partial charge is 0.466 e. The second kappa shape index (κ2) is 4.81. The van der Waals surface area contributed by atoms with E-state index in [4.69, 9.17) is 14.7 Å². The molecule has 0 fully saturated rings. The van der Waals surface area contributed by atoms with E-state index in [0.29, 0.717) is 5.88 Å². The van der Waals surface area contributed by atoms with Crippen molar-refractivity contribution in [2.24, 2.45) is 0 Å². The van der Waals surface area contributed by atoms with Crippen molar-refractivity contribution in [1.82, 2.24) is 5.16 Å². The van der Waals surface area contributed by atoms with Gasteiger partial charge in [0, 0.05) is 5.56 Å². The fraction of sp³-hybridized carbons (Fsp3) is 0.235. The summed E-state index contributed by atoms with van der Waals surface area (Å²) in [4.78, 5) is 0. The number of nitrogens with zero attached hydrogens (tertiary/aromatic N) is 1. The standard InChI is InChI=1S/C17H18N2O2/c1-9-5-7-13(8-6-9)15-16(19-21-17(15)18)14-10(2)11(3)20-12(14)4/h5-8H,18H2,1-4H3. The second-order valence-corrected chi connectivity index (χ2v) is 5.35. The van der Waals surface area contributed by atoms with Gasteiger partial charge < -0.3 is 14.7 Å². The van der Waals surface area contributed by atoms with Gasteiger partial charge in [-0.1, -0.05) is 35.0 Å². The van der Waals surface area contributed by atoms with Crippen molar-refractivity contribution in [2.75, 3.05) is 5.73 Å². The van der Waals surface area contributed by atoms with Crippen molar-refractivity contribution < 1.29 is 8.94 Å². The van der Waals surface area contributed by atoms with Crippen LogP contribution in [-0.4, -0.2) is 5.16 Å². The van der Waals surface area contributed by atoms with Crippen LogP contribution in [-0.2, 0) is 0 Å². The molecular weight excluding hydrogens is 264 g/mol. The van der Waals surface area contributed by atoms with E-state index in [0.717, 1.165) is 39.5 Å². The Hall–Kier alpha value is -2.49. The Labute approximate surface area is 123 Å². The van der Waals surface area contributed by atoms with Crippen LogP contribution in [0.5, 0.6) is 0 Å². The van der Waals surface area contributed by atoms with Crippen molar-refractivity contribution in [3.05, 3.63) is 46.9 Å². The molecule has 108 valence electrons. The highest BCUT2D eigenvalue weighted by Crippen LogP contribution is 2.40. The first-order valence-electron chi connectivity index (χ1n) is 6.88. The van der Waals surface area contributed by atoms with Gasteiger partial charge in [0.15, 0.2) is 0 Å². The molecule has 0 bridgehead atoms. The molecule has 3 aromatic rings. The number of anilines is 1. The minimum absolute atomic E-state index is 0.325. The molecule has 3 rings (SSSR count). The van der Waals surface area contributed by atoms with Crippen LogP contribution >= 0.6 is 0 Å². The van der Waals surface area contributed by atoms with Crippen molar-refractivity contribution >= 4 is 5.88 Å². The highest BCUT2D eigenvalue weighted by Gasteiger charge is 2.23. The Kier molecular flexibility index (Phi) is 3.09. The van der Waals surface area contributed by atoms with Crippen molar-refractivity contribution in [2.45, 2.75) is 27.7 Å². The van der Waals surface area contributed by atoms with Gasteiger partial charge in [0.25, 0.3) is 0 Å². The molecule has 2 aromatic heterocycles. The number of aromatic nitrogens is 1. The molecule has 0 amide bonds. The number of hydrogen-bond donors (Lipinski definition) is 1. The summed E-state index contributed by atoms with van der Waals surface area (Å²) in [7, 11) is 0. The third-order valence-corrected chi connectivity index (χ3v) is 3.86. The van der Waals surface area contributed by atoms with Gasteiger partial charge >= 0.3 is 0 Å². The molecule has 1 aromatic carbocycles. The molecule has 4 heteroatoms. The minimum atomic E-state index is 0.325. The van der Waals surface area contributed by atoms with Gasteiger partial charge in [-0.05, 0) is 38.8 Å². The zero-order valence-corrected chi connectivity index (χ0v) is 12.7. The maximum Gasteiger partial charge on any atom is 0.230 e. The predicted octanol–water partition coefficient (Wildman–Crippen LogP) is 4.42. The zero-order valence-electron chi connectivity index (χ0n) is 12.7. The Bertz CT molecular complexity index is 795. The summed E-state index contributed by atoms with van der Waals surface area (Å²) >= 11 is 0. The van der Waals surface area contributed by atoms with Gasteiger partial charge in [0.2, 0.25) is 5.88 Å². The number of benzene rings is 1. The maximum atomic E-state index is 6.00. The number of hydrogen-bond acceptors (Lipinski definition) is 4. The number of aryl methyl sites for hydroxylation is 3. The predicted molar refractivity (Wildman–Crippen MR) is 83.0 cm³/mol. The van der Waals surface area contributed by atoms with E-state index < -0.39 is 0 Å². The summed E-state index contributed by atoms with van der Waals surface area (Å²) in [6.07, 6.45) is 0. The Morgan fingerprint density at radius 2 is 1.57 bits per heavy atom. The van der Waals surface area contributed by atoms with Crippen molar-refractivity contribution in [3.8, 4) is 22.4 Å². The molecule has 0 saturated heterocycles. The lowest BCUT2D eigenvalue weighted by molar-refractivity contribution is 0.439. The van der Waals surface area contributed by atoms with Gasteiger partial charge in [-0.3, -0.25) is 0 Å². The van der Waals surface area contributed by atoms with Crippen LogP contribution in [0.2, 0.25) is 0 Å². The third-order valence-electron chi connectivity index (χ3n) is 3.86. The Morgan fingerprint density at radius 3 is 2.14 bits per heavy atom. The van der Waals surface area contributed by atoms with Crippen LogP contribution in [0.4, 0.5) is 5.88 Å². The Balaban J connectivity index is 2.24. The van der Waals surface area contributed by atoms with E-state index in [-0.39, 0.29) is 0 Å². The second-order valence-electron chi connectivity index (χ2n) is 5.35. The molecule has 0 aliphatic rings. The zero-order chi connectivity index (χ0) is 15.1. The summed E-state index contributed by atoms with van der Waals surface area (Å²) in [6, 6.07) is 8.15. The van der Waals surface area contributed by atoms with Crippen LogP contribution in [0.25, 0.3) is 22.4 Å². The van der Waals surface area contributed by atoms with Crippen LogP contribution < -0.4 is 5.73 Å². The lowest BCUT2D eigenvalue weighted by Gasteiger charge is -2.03. The van der Waals surface area contributed by atoms with E-state index in [2.05, 4.69) is 12.1 Å². The fourth-order valence-electron chi connectivity index (χ4n) is 2.61. The number of furan rings is 1. The summed E-state index contributed by atoms with van der Waals surface area (Å²) in [5, 5.41) is 4.16. The summed E-state index contributed by atoms with van der Waals surface area (Å²) in [6.45, 7) is 7.94. The van der Waals surface area contributed by atoms with E-state index in [9.17, 15) is 0 Å². The van der Waals surface area contributed by atoms with Crippen LogP contribution in [0.3, 0.4) is 0 Å². The lowest BCUT2D eigenvalue weighted by atomic mass is 9.98. The first kappa shape index (κ1) is 13.5. The fourth-order valence-corrected chi connectivity index (χ4v) is 2.61. The summed E-state index contributed by atoms with van der Waals surface area (Å²) in [5.74, 6) is 2.04. The first-order valence-corrected chi connectivity index (χ1v) is 6.88. The van der Waals surface area contributed by atoms with Gasteiger partial charge in [-0.25, -0.2) is 0 Å². The summed E-state index contributed by atoms with van der Waals surface area (Å²) in [5.41, 5.74) is 11.8. The molecule has 2 heterocycles. The molecule has 0 atom stereocenters. The SMILES string of the molecule is Cc1ccc(-c2c(-c3c(C)oc(C)c3C)noc2N)cc1. The Morgan fingerprint density at radius 1 is 0.905 bits per heavy atom. The highest BCUT2D eigenvalue weighted by atomic mass is 16.5. The molecule has 2 N–H and O–H groups in total. The average molecular weight is 282 g/mol. The lowest BCUT2D eigenvalue weighted by Crippen LogP contribution is -1.89. The quantitative estimate of drug-likeness (QED) is 0.755. The van der Waals surface area contributed by atoms with E-state index in [1.807, 2.05) is 45.0 Å². The van der Waals surface area contributed by atoms with Gasteiger partial charge in [-0.15, -0.1) is 0 Å². The van der Waals surface area contributed by atoms with Crippen LogP contribution in [0.15, 0.2) is 33.2 Å². The van der Waals surface area contributed by atoms with Crippen molar-refractivity contribution in [1.29, 1.82) is 0 Å². The van der Waals surface area contributed by atoms with E-state index in [1.54, 1.807) is 0 Å². The topological polar surface area (TPSA) is 65.2 Å². The molecule has 21 heavy (non-hydrogen) atoms. The molecule has 4 nitrogen and oxygen atoms in total. The van der Waals surface area contributed by atoms with Crippen LogP contribution in [0, 0.1) is 27.7 Å². The maximum absolute atomic E-state index is 6.00. The monoisotopic (exact) mass is 282 g/mol. The number of nitrogens with two attached hydrogens (primary N) is 1. The van der Waals surface area contributed by atoms with Gasteiger partial charge in [0.1, 0.15) is 17.2 Å². The minimum Gasteiger partial charge on any atom is -0.466 e. The molecule has 0 saturated carbocycles. The third kappa shape index (κ3) is 2.13. The first-order chi connectivity index (χ1) is 9.99. The van der Waals surface area contributed by atoms with Crippen LogP contribution in [0.1, 0.15) is 22.6 Å². The van der Waals surface area contributed by atoms with Gasteiger partial charge in [-0.2, -0.15) is 0 Å². The molecular formula is C17H18N2O2. The number of rotatable bonds is 2. The molecule has 0 spiro atoms. The van der Waals surface area contributed by atoms with Crippen molar-refractivity contribution in [3.63, 3.8) is 0 Å². The van der Waals surface area contributed by atoms with E-state index >= 15 is 0 Å². The molecule has 0 unspecified atom stereocenters. The summed E-state index contributed by atoms with van der Waals surface area (Å²) < 4.78 is 10.9. The van der Waals surface area contributed by atoms with E-state index in [1.165, 1.54) is 5.56 Å². The smallest absolute Gasteiger partial charge is 0.230 e.